The van der Waals surface area contributed by atoms with Crippen molar-refractivity contribution in [3.8, 4) is 22.4 Å². The van der Waals surface area contributed by atoms with Crippen LogP contribution in [0.4, 0.5) is 0 Å². The highest BCUT2D eigenvalue weighted by Gasteiger charge is 2.22. The highest BCUT2D eigenvalue weighted by molar-refractivity contribution is 5.85. The summed E-state index contributed by atoms with van der Waals surface area (Å²) in [7, 11) is 0. The molecule has 30 heavy (non-hydrogen) atoms. The van der Waals surface area contributed by atoms with Crippen molar-refractivity contribution >= 4 is 5.97 Å². The number of carboxylic acids is 1. The van der Waals surface area contributed by atoms with E-state index in [2.05, 4.69) is 37.3 Å². The normalized spacial score (nSPS) is 10.7. The van der Waals surface area contributed by atoms with Crippen molar-refractivity contribution in [3.05, 3.63) is 114 Å². The Balaban J connectivity index is 1.83. The molecule has 0 unspecified atom stereocenters. The van der Waals surface area contributed by atoms with Gasteiger partial charge in [0, 0.05) is 24.1 Å². The molecule has 0 aliphatic rings. The minimum atomic E-state index is -1.17. The number of aryl methyl sites for hydroxylation is 2. The third kappa shape index (κ3) is 4.31. The third-order valence-corrected chi connectivity index (χ3v) is 5.30. The molecule has 3 nitrogen and oxygen atoms in total. The number of rotatable bonds is 6. The van der Waals surface area contributed by atoms with E-state index in [1.54, 1.807) is 6.07 Å². The van der Waals surface area contributed by atoms with E-state index < -0.39 is 5.97 Å². The summed E-state index contributed by atoms with van der Waals surface area (Å²) >= 11 is 0. The van der Waals surface area contributed by atoms with E-state index in [1.165, 1.54) is 11.1 Å². The van der Waals surface area contributed by atoms with Gasteiger partial charge in [-0.1, -0.05) is 78.4 Å². The minimum absolute atomic E-state index is 0.183. The summed E-state index contributed by atoms with van der Waals surface area (Å²) in [5.41, 5.74) is 6.23. The summed E-state index contributed by atoms with van der Waals surface area (Å²) < 4.78 is 1.86. The predicted octanol–water partition coefficient (Wildman–Crippen LogP) is 4.22. The molecule has 3 heteroatoms. The zero-order valence-electron chi connectivity index (χ0n) is 16.9. The molecule has 4 aromatic rings. The number of hydrogen-bond acceptors (Lipinski definition) is 2. The molecule has 4 rings (SSSR count). The van der Waals surface area contributed by atoms with Gasteiger partial charge in [-0.05, 0) is 35.7 Å². The van der Waals surface area contributed by atoms with Crippen molar-refractivity contribution in [2.24, 2.45) is 0 Å². The van der Waals surface area contributed by atoms with Gasteiger partial charge in [-0.25, -0.2) is 0 Å². The zero-order chi connectivity index (χ0) is 20.9. The van der Waals surface area contributed by atoms with Crippen molar-refractivity contribution in [2.75, 3.05) is 0 Å². The van der Waals surface area contributed by atoms with Gasteiger partial charge in [-0.15, -0.1) is 0 Å². The van der Waals surface area contributed by atoms with Crippen LogP contribution in [0.25, 0.3) is 22.4 Å². The molecule has 3 aromatic carbocycles. The molecule has 0 aliphatic heterocycles. The van der Waals surface area contributed by atoms with Crippen molar-refractivity contribution in [2.45, 2.75) is 19.9 Å². The summed E-state index contributed by atoms with van der Waals surface area (Å²) in [5.74, 6) is -1.17. The number of pyridine rings is 1. The number of carbonyl (C=O) groups excluding carboxylic acids is 1. The third-order valence-electron chi connectivity index (χ3n) is 5.30. The topological polar surface area (TPSA) is 44.0 Å². The SMILES string of the molecule is Cc1ccc(CC[n+]2c(C(=O)[O-])cc(-c3ccccc3)cc2-c2ccccc2)cc1. The van der Waals surface area contributed by atoms with Crippen LogP contribution in [0.5, 0.6) is 0 Å². The molecule has 0 saturated heterocycles. The van der Waals surface area contributed by atoms with Gasteiger partial charge < -0.3 is 9.90 Å². The van der Waals surface area contributed by atoms with Gasteiger partial charge >= 0.3 is 0 Å². The molecule has 0 bridgehead atoms. The molecular formula is C27H23NO2. The smallest absolute Gasteiger partial charge is 0.229 e. The summed E-state index contributed by atoms with van der Waals surface area (Å²) in [6.45, 7) is 2.61. The first-order valence-corrected chi connectivity index (χ1v) is 10.1. The fourth-order valence-corrected chi connectivity index (χ4v) is 3.67. The Kier molecular flexibility index (Phi) is 5.71. The highest BCUT2D eigenvalue weighted by atomic mass is 16.4. The van der Waals surface area contributed by atoms with Gasteiger partial charge in [0.2, 0.25) is 11.4 Å². The van der Waals surface area contributed by atoms with Crippen LogP contribution in [0.1, 0.15) is 21.6 Å². The van der Waals surface area contributed by atoms with Gasteiger partial charge in [-0.2, -0.15) is 4.57 Å². The molecular weight excluding hydrogens is 370 g/mol. The number of nitrogens with zero attached hydrogens (tertiary/aromatic N) is 1. The van der Waals surface area contributed by atoms with E-state index in [9.17, 15) is 9.90 Å². The van der Waals surface area contributed by atoms with Crippen LogP contribution in [0.3, 0.4) is 0 Å². The Morgan fingerprint density at radius 3 is 1.97 bits per heavy atom. The number of benzene rings is 3. The summed E-state index contributed by atoms with van der Waals surface area (Å²) in [6, 6.07) is 31.9. The Hall–Kier alpha value is -3.72. The van der Waals surface area contributed by atoms with Crippen LogP contribution in [0.2, 0.25) is 0 Å². The molecule has 0 spiro atoms. The van der Waals surface area contributed by atoms with E-state index >= 15 is 0 Å². The maximum Gasteiger partial charge on any atom is 0.229 e. The molecule has 0 atom stereocenters. The molecule has 0 aliphatic carbocycles. The average Bonchev–Trinajstić information content (AvgIpc) is 2.79. The Morgan fingerprint density at radius 2 is 1.37 bits per heavy atom. The first-order chi connectivity index (χ1) is 14.6. The standard InChI is InChI=1S/C27H23NO2/c1-20-12-14-21(15-13-20)16-17-28-25(23-10-6-3-7-11-23)18-24(19-26(28)27(29)30)22-8-4-2-5-9-22/h2-15,18-19H,16-17H2,1H3. The van der Waals surface area contributed by atoms with Crippen LogP contribution in [0, 0.1) is 6.92 Å². The summed E-state index contributed by atoms with van der Waals surface area (Å²) in [4.78, 5) is 12.1. The van der Waals surface area contributed by atoms with Crippen LogP contribution >= 0.6 is 0 Å². The van der Waals surface area contributed by atoms with E-state index in [0.717, 1.165) is 28.8 Å². The largest absolute Gasteiger partial charge is 0.539 e. The van der Waals surface area contributed by atoms with Crippen molar-refractivity contribution in [1.82, 2.24) is 0 Å². The lowest BCUT2D eigenvalue weighted by Gasteiger charge is -2.13. The van der Waals surface area contributed by atoms with Crippen molar-refractivity contribution in [1.29, 1.82) is 0 Å². The Labute approximate surface area is 176 Å². The van der Waals surface area contributed by atoms with Gasteiger partial charge in [0.15, 0.2) is 6.54 Å². The molecule has 1 aromatic heterocycles. The quantitative estimate of drug-likeness (QED) is 0.460. The van der Waals surface area contributed by atoms with Gasteiger partial charge in [-0.3, -0.25) is 0 Å². The number of carbonyl (C=O) groups is 1. The predicted molar refractivity (Wildman–Crippen MR) is 117 cm³/mol. The number of hydrogen-bond donors (Lipinski definition) is 0. The fraction of sp³-hybridized carbons (Fsp3) is 0.111. The number of aromatic nitrogens is 1. The van der Waals surface area contributed by atoms with Crippen LogP contribution in [-0.2, 0) is 13.0 Å². The van der Waals surface area contributed by atoms with Crippen LogP contribution < -0.4 is 9.67 Å². The van der Waals surface area contributed by atoms with E-state index in [1.807, 2.05) is 65.2 Å². The van der Waals surface area contributed by atoms with Crippen molar-refractivity contribution < 1.29 is 14.5 Å². The average molecular weight is 393 g/mol. The second-order valence-electron chi connectivity index (χ2n) is 7.42. The molecule has 0 radical (unpaired) electrons. The maximum atomic E-state index is 12.1. The lowest BCUT2D eigenvalue weighted by atomic mass is 10.0. The van der Waals surface area contributed by atoms with Gasteiger partial charge in [0.1, 0.15) is 5.97 Å². The van der Waals surface area contributed by atoms with E-state index in [-0.39, 0.29) is 5.69 Å². The zero-order valence-corrected chi connectivity index (χ0v) is 16.9. The maximum absolute atomic E-state index is 12.1. The van der Waals surface area contributed by atoms with E-state index in [4.69, 9.17) is 0 Å². The van der Waals surface area contributed by atoms with Gasteiger partial charge in [0.25, 0.3) is 0 Å². The molecule has 0 amide bonds. The molecule has 0 saturated carbocycles. The molecule has 148 valence electrons. The molecule has 1 heterocycles. The summed E-state index contributed by atoms with van der Waals surface area (Å²) in [5, 5.41) is 12.1. The van der Waals surface area contributed by atoms with Crippen LogP contribution in [0.15, 0.2) is 97.1 Å². The first kappa shape index (κ1) is 19.6. The lowest BCUT2D eigenvalue weighted by molar-refractivity contribution is -0.689. The van der Waals surface area contributed by atoms with Crippen molar-refractivity contribution in [3.63, 3.8) is 0 Å². The summed E-state index contributed by atoms with van der Waals surface area (Å²) in [6.07, 6.45) is 0.732. The van der Waals surface area contributed by atoms with Gasteiger partial charge in [0.05, 0.1) is 0 Å². The highest BCUT2D eigenvalue weighted by Crippen LogP contribution is 2.25. The molecule has 0 N–H and O–H groups in total. The lowest BCUT2D eigenvalue weighted by Crippen LogP contribution is -2.47. The fourth-order valence-electron chi connectivity index (χ4n) is 3.67. The Morgan fingerprint density at radius 1 is 0.767 bits per heavy atom. The monoisotopic (exact) mass is 393 g/mol. The number of aromatic carboxylic acids is 1. The second kappa shape index (κ2) is 8.75. The first-order valence-electron chi connectivity index (χ1n) is 10.1. The van der Waals surface area contributed by atoms with E-state index in [0.29, 0.717) is 6.54 Å². The minimum Gasteiger partial charge on any atom is -0.539 e. The molecule has 0 fully saturated rings. The van der Waals surface area contributed by atoms with Crippen LogP contribution in [-0.4, -0.2) is 5.97 Å². The second-order valence-corrected chi connectivity index (χ2v) is 7.42. The Bertz CT molecular complexity index is 1150. The number of carboxylic acid groups (broad SMARTS) is 1.